The third-order valence-electron chi connectivity index (χ3n) is 4.56. The van der Waals surface area contributed by atoms with E-state index in [0.29, 0.717) is 18.7 Å². The quantitative estimate of drug-likeness (QED) is 0.675. The van der Waals surface area contributed by atoms with Crippen LogP contribution in [0.5, 0.6) is 5.75 Å². The molecular formula is C20H22BrNO4S. The molecule has 0 radical (unpaired) electrons. The number of carbonyl (C=O) groups excluding carboxylic acids is 1. The Labute approximate surface area is 168 Å². The summed E-state index contributed by atoms with van der Waals surface area (Å²) < 4.78 is 30.4. The van der Waals surface area contributed by atoms with Crippen molar-refractivity contribution in [1.29, 1.82) is 0 Å². The molecule has 1 saturated heterocycles. The highest BCUT2D eigenvalue weighted by atomic mass is 79.9. The molecule has 1 heterocycles. The van der Waals surface area contributed by atoms with E-state index in [-0.39, 0.29) is 30.1 Å². The molecule has 0 saturated carbocycles. The number of hydrogen-bond acceptors (Lipinski definition) is 4. The molecule has 2 aromatic rings. The molecule has 5 nitrogen and oxygen atoms in total. The number of sulfone groups is 1. The van der Waals surface area contributed by atoms with E-state index in [0.717, 1.165) is 15.6 Å². The van der Waals surface area contributed by atoms with Gasteiger partial charge in [-0.05, 0) is 48.7 Å². The second-order valence-electron chi connectivity index (χ2n) is 6.81. The number of halogens is 1. The van der Waals surface area contributed by atoms with Gasteiger partial charge in [0, 0.05) is 17.1 Å². The molecule has 1 aliphatic heterocycles. The van der Waals surface area contributed by atoms with Crippen molar-refractivity contribution in [3.8, 4) is 5.75 Å². The van der Waals surface area contributed by atoms with Crippen molar-refractivity contribution in [2.75, 3.05) is 18.1 Å². The summed E-state index contributed by atoms with van der Waals surface area (Å²) >= 11 is 3.43. The number of hydrogen-bond donors (Lipinski definition) is 0. The van der Waals surface area contributed by atoms with Gasteiger partial charge in [0.05, 0.1) is 11.5 Å². The summed E-state index contributed by atoms with van der Waals surface area (Å²) in [6, 6.07) is 14.9. The van der Waals surface area contributed by atoms with Crippen molar-refractivity contribution in [3.05, 3.63) is 64.1 Å². The van der Waals surface area contributed by atoms with Crippen molar-refractivity contribution in [3.63, 3.8) is 0 Å². The lowest BCUT2D eigenvalue weighted by molar-refractivity contribution is -0.136. The number of benzene rings is 2. The first-order chi connectivity index (χ1) is 12.8. The van der Waals surface area contributed by atoms with E-state index in [4.69, 9.17) is 4.74 Å². The molecular weight excluding hydrogens is 430 g/mol. The first-order valence-electron chi connectivity index (χ1n) is 8.76. The average molecular weight is 452 g/mol. The average Bonchev–Trinajstić information content (AvgIpc) is 2.97. The lowest BCUT2D eigenvalue weighted by Gasteiger charge is -2.28. The number of aryl methyl sites for hydroxylation is 1. The Morgan fingerprint density at radius 1 is 1.22 bits per heavy atom. The largest absolute Gasteiger partial charge is 0.484 e. The SMILES string of the molecule is Cc1cccc(OCC(=O)N(Cc2cccc(Br)c2)[C@H]2CCS(=O)(=O)C2)c1. The van der Waals surface area contributed by atoms with Crippen LogP contribution in [0.2, 0.25) is 0 Å². The minimum absolute atomic E-state index is 0.0111. The molecule has 2 aromatic carbocycles. The number of ether oxygens (including phenoxy) is 1. The Bertz CT molecular complexity index is 929. The van der Waals surface area contributed by atoms with E-state index in [2.05, 4.69) is 15.9 Å². The molecule has 1 amide bonds. The number of rotatable bonds is 6. The van der Waals surface area contributed by atoms with E-state index in [1.54, 1.807) is 11.0 Å². The maximum Gasteiger partial charge on any atom is 0.261 e. The maximum absolute atomic E-state index is 12.9. The number of nitrogens with zero attached hydrogens (tertiary/aromatic N) is 1. The third kappa shape index (κ3) is 5.56. The van der Waals surface area contributed by atoms with Gasteiger partial charge in [-0.1, -0.05) is 40.2 Å². The summed E-state index contributed by atoms with van der Waals surface area (Å²) in [7, 11) is -3.09. The highest BCUT2D eigenvalue weighted by molar-refractivity contribution is 9.10. The van der Waals surface area contributed by atoms with Crippen LogP contribution in [0.25, 0.3) is 0 Å². The first kappa shape index (κ1) is 19.9. The van der Waals surface area contributed by atoms with Gasteiger partial charge in [0.2, 0.25) is 0 Å². The van der Waals surface area contributed by atoms with Gasteiger partial charge in [0.15, 0.2) is 16.4 Å². The van der Waals surface area contributed by atoms with Crippen molar-refractivity contribution in [1.82, 2.24) is 4.90 Å². The Morgan fingerprint density at radius 2 is 2.00 bits per heavy atom. The Morgan fingerprint density at radius 3 is 2.67 bits per heavy atom. The molecule has 0 bridgehead atoms. The monoisotopic (exact) mass is 451 g/mol. The van der Waals surface area contributed by atoms with E-state index in [1.807, 2.05) is 49.4 Å². The van der Waals surface area contributed by atoms with Crippen molar-refractivity contribution in [2.24, 2.45) is 0 Å². The third-order valence-corrected chi connectivity index (χ3v) is 6.81. The van der Waals surface area contributed by atoms with Crippen molar-refractivity contribution >= 4 is 31.7 Å². The Balaban J connectivity index is 1.75. The maximum atomic E-state index is 12.9. The van der Waals surface area contributed by atoms with Crippen molar-refractivity contribution in [2.45, 2.75) is 25.9 Å². The van der Waals surface area contributed by atoms with E-state index >= 15 is 0 Å². The van der Waals surface area contributed by atoms with Gasteiger partial charge in [-0.15, -0.1) is 0 Å². The summed E-state index contributed by atoms with van der Waals surface area (Å²) in [5.74, 6) is 0.555. The minimum atomic E-state index is -3.09. The van der Waals surface area contributed by atoms with Crippen LogP contribution in [-0.4, -0.2) is 43.4 Å². The summed E-state index contributed by atoms with van der Waals surface area (Å²) in [5.41, 5.74) is 1.99. The summed E-state index contributed by atoms with van der Waals surface area (Å²) in [4.78, 5) is 14.5. The van der Waals surface area contributed by atoms with E-state index in [9.17, 15) is 13.2 Å². The van der Waals surface area contributed by atoms with Gasteiger partial charge in [-0.2, -0.15) is 0 Å². The van der Waals surface area contributed by atoms with Crippen LogP contribution in [0, 0.1) is 6.92 Å². The zero-order valence-electron chi connectivity index (χ0n) is 15.1. The van der Waals surface area contributed by atoms with Crippen LogP contribution in [0.15, 0.2) is 53.0 Å². The molecule has 0 unspecified atom stereocenters. The van der Waals surface area contributed by atoms with Crippen LogP contribution in [0.3, 0.4) is 0 Å². The molecule has 0 aliphatic carbocycles. The van der Waals surface area contributed by atoms with Gasteiger partial charge in [-0.3, -0.25) is 4.79 Å². The van der Waals surface area contributed by atoms with Crippen LogP contribution >= 0.6 is 15.9 Å². The molecule has 144 valence electrons. The molecule has 1 fully saturated rings. The Kier molecular flexibility index (Phi) is 6.22. The highest BCUT2D eigenvalue weighted by Crippen LogP contribution is 2.22. The fourth-order valence-electron chi connectivity index (χ4n) is 3.21. The highest BCUT2D eigenvalue weighted by Gasteiger charge is 2.34. The topological polar surface area (TPSA) is 63.7 Å². The van der Waals surface area contributed by atoms with Crippen molar-refractivity contribution < 1.29 is 17.9 Å². The normalized spacial score (nSPS) is 18.2. The molecule has 1 atom stereocenters. The van der Waals surface area contributed by atoms with Gasteiger partial charge >= 0.3 is 0 Å². The Hall–Kier alpha value is -1.86. The number of amides is 1. The molecule has 1 aliphatic rings. The molecule has 0 N–H and O–H groups in total. The van der Waals surface area contributed by atoms with Crippen LogP contribution in [-0.2, 0) is 21.2 Å². The molecule has 0 aromatic heterocycles. The minimum Gasteiger partial charge on any atom is -0.484 e. The molecule has 27 heavy (non-hydrogen) atoms. The summed E-state index contributed by atoms with van der Waals surface area (Å²) in [6.45, 7) is 2.20. The van der Waals surface area contributed by atoms with Crippen LogP contribution in [0.4, 0.5) is 0 Å². The fraction of sp³-hybridized carbons (Fsp3) is 0.350. The summed E-state index contributed by atoms with van der Waals surface area (Å²) in [5, 5.41) is 0. The first-order valence-corrected chi connectivity index (χ1v) is 11.4. The zero-order valence-corrected chi connectivity index (χ0v) is 17.5. The van der Waals surface area contributed by atoms with E-state index < -0.39 is 9.84 Å². The predicted molar refractivity (Wildman–Crippen MR) is 108 cm³/mol. The summed E-state index contributed by atoms with van der Waals surface area (Å²) in [6.07, 6.45) is 0.465. The lowest BCUT2D eigenvalue weighted by Crippen LogP contribution is -2.43. The molecule has 0 spiro atoms. The van der Waals surface area contributed by atoms with Gasteiger partial charge in [0.1, 0.15) is 5.75 Å². The zero-order chi connectivity index (χ0) is 19.4. The molecule has 3 rings (SSSR count). The second kappa shape index (κ2) is 8.44. The lowest BCUT2D eigenvalue weighted by atomic mass is 10.1. The molecule has 7 heteroatoms. The predicted octanol–water partition coefficient (Wildman–Crippen LogP) is 3.35. The van der Waals surface area contributed by atoms with Crippen LogP contribution < -0.4 is 4.74 Å². The standard InChI is InChI=1S/C20H22BrNO4S/c1-15-4-2-7-19(10-15)26-13-20(23)22(18-8-9-27(24,25)14-18)12-16-5-3-6-17(21)11-16/h2-7,10-11,18H,8-9,12-14H2,1H3/t18-/m0/s1. The number of carbonyl (C=O) groups is 1. The van der Waals surface area contributed by atoms with Crippen LogP contribution in [0.1, 0.15) is 17.5 Å². The van der Waals surface area contributed by atoms with E-state index in [1.165, 1.54) is 0 Å². The van der Waals surface area contributed by atoms with Gasteiger partial charge in [0.25, 0.3) is 5.91 Å². The smallest absolute Gasteiger partial charge is 0.261 e. The fourth-order valence-corrected chi connectivity index (χ4v) is 5.38. The van der Waals surface area contributed by atoms with Gasteiger partial charge in [-0.25, -0.2) is 8.42 Å². The second-order valence-corrected chi connectivity index (χ2v) is 9.96. The van der Waals surface area contributed by atoms with Gasteiger partial charge < -0.3 is 9.64 Å².